The maximum Gasteiger partial charge on any atom is 0.241 e. The highest BCUT2D eigenvalue weighted by atomic mass is 32.2. The first-order chi connectivity index (χ1) is 11.7. The molecule has 2 rings (SSSR count). The molecular formula is C18H25N3O3S. The number of hydrogen-bond acceptors (Lipinski definition) is 5. The normalized spacial score (nSPS) is 18.9. The fourth-order valence-corrected chi connectivity index (χ4v) is 5.02. The van der Waals surface area contributed by atoms with Crippen molar-refractivity contribution in [1.82, 2.24) is 4.90 Å². The van der Waals surface area contributed by atoms with Crippen LogP contribution in [0.25, 0.3) is 0 Å². The van der Waals surface area contributed by atoms with E-state index in [2.05, 4.69) is 6.07 Å². The third-order valence-corrected chi connectivity index (χ3v) is 6.23. The molecule has 1 saturated heterocycles. The molecule has 1 aliphatic rings. The fraction of sp³-hybridized carbons (Fsp3) is 0.556. The van der Waals surface area contributed by atoms with Crippen LogP contribution in [0.15, 0.2) is 18.2 Å². The predicted octanol–water partition coefficient (Wildman–Crippen LogP) is 1.67. The summed E-state index contributed by atoms with van der Waals surface area (Å²) in [5.74, 6) is 0.177. The van der Waals surface area contributed by atoms with Crippen molar-refractivity contribution in [3.8, 4) is 6.07 Å². The zero-order chi connectivity index (χ0) is 18.6. The van der Waals surface area contributed by atoms with E-state index in [1.807, 2.05) is 36.9 Å². The predicted molar refractivity (Wildman–Crippen MR) is 98.2 cm³/mol. The highest BCUT2D eigenvalue weighted by molar-refractivity contribution is 7.91. The van der Waals surface area contributed by atoms with Gasteiger partial charge in [0.25, 0.3) is 0 Å². The Hall–Kier alpha value is -1.91. The van der Waals surface area contributed by atoms with Gasteiger partial charge in [-0.2, -0.15) is 5.26 Å². The van der Waals surface area contributed by atoms with Crippen LogP contribution in [0.1, 0.15) is 24.0 Å². The summed E-state index contributed by atoms with van der Waals surface area (Å²) in [6.45, 7) is 4.41. The summed E-state index contributed by atoms with van der Waals surface area (Å²) < 4.78 is 23.3. The zero-order valence-corrected chi connectivity index (χ0v) is 15.8. The number of hydrogen-bond donors (Lipinski definition) is 0. The molecule has 0 N–H and O–H groups in total. The Labute approximate surface area is 150 Å². The number of aryl methyl sites for hydroxylation is 2. The van der Waals surface area contributed by atoms with Gasteiger partial charge in [-0.25, -0.2) is 8.42 Å². The number of rotatable bonds is 6. The lowest BCUT2D eigenvalue weighted by molar-refractivity contribution is -0.119. The largest absolute Gasteiger partial charge is 0.310 e. The molecule has 6 nitrogen and oxygen atoms in total. The molecule has 0 bridgehead atoms. The third-order valence-electron chi connectivity index (χ3n) is 4.48. The highest BCUT2D eigenvalue weighted by Gasteiger charge is 2.32. The summed E-state index contributed by atoms with van der Waals surface area (Å²) in [6, 6.07) is 7.86. The maximum atomic E-state index is 12.8. The smallest absolute Gasteiger partial charge is 0.241 e. The minimum absolute atomic E-state index is 0.110. The van der Waals surface area contributed by atoms with E-state index in [0.717, 1.165) is 16.8 Å². The SMILES string of the molecule is Cc1cc(C)cc(N(CCC#N)C(=O)CN(C)C2CCS(=O)(=O)C2)c1. The van der Waals surface area contributed by atoms with Crippen molar-refractivity contribution in [3.63, 3.8) is 0 Å². The molecule has 1 aromatic carbocycles. The molecule has 0 radical (unpaired) electrons. The molecule has 1 unspecified atom stereocenters. The molecule has 1 amide bonds. The van der Waals surface area contributed by atoms with Crippen molar-refractivity contribution in [2.45, 2.75) is 32.7 Å². The first kappa shape index (κ1) is 19.4. The number of amides is 1. The molecule has 25 heavy (non-hydrogen) atoms. The Morgan fingerprint density at radius 2 is 1.92 bits per heavy atom. The summed E-state index contributed by atoms with van der Waals surface area (Å²) in [5, 5.41) is 8.90. The van der Waals surface area contributed by atoms with Gasteiger partial charge in [-0.05, 0) is 50.6 Å². The Kier molecular flexibility index (Phi) is 6.20. The van der Waals surface area contributed by atoms with Crippen LogP contribution < -0.4 is 4.90 Å². The zero-order valence-electron chi connectivity index (χ0n) is 15.0. The van der Waals surface area contributed by atoms with Gasteiger partial charge in [-0.1, -0.05) is 6.07 Å². The molecule has 1 heterocycles. The lowest BCUT2D eigenvalue weighted by atomic mass is 10.1. The van der Waals surface area contributed by atoms with E-state index in [-0.39, 0.29) is 36.4 Å². The average molecular weight is 363 g/mol. The molecule has 1 aromatic rings. The van der Waals surface area contributed by atoms with Crippen LogP contribution in [0.5, 0.6) is 0 Å². The van der Waals surface area contributed by atoms with E-state index < -0.39 is 9.84 Å². The van der Waals surface area contributed by atoms with E-state index in [9.17, 15) is 13.2 Å². The van der Waals surface area contributed by atoms with Crippen molar-refractivity contribution < 1.29 is 13.2 Å². The van der Waals surface area contributed by atoms with Gasteiger partial charge in [0.1, 0.15) is 0 Å². The van der Waals surface area contributed by atoms with Crippen LogP contribution >= 0.6 is 0 Å². The molecule has 7 heteroatoms. The van der Waals surface area contributed by atoms with E-state index in [1.54, 1.807) is 11.9 Å². The summed E-state index contributed by atoms with van der Waals surface area (Å²) in [5.41, 5.74) is 2.89. The van der Waals surface area contributed by atoms with Crippen LogP contribution in [-0.4, -0.2) is 56.9 Å². The second-order valence-electron chi connectivity index (χ2n) is 6.77. The van der Waals surface area contributed by atoms with E-state index in [0.29, 0.717) is 13.0 Å². The van der Waals surface area contributed by atoms with Crippen molar-refractivity contribution in [2.75, 3.05) is 36.5 Å². The van der Waals surface area contributed by atoms with Crippen LogP contribution in [0.4, 0.5) is 5.69 Å². The number of nitriles is 1. The first-order valence-electron chi connectivity index (χ1n) is 8.38. The summed E-state index contributed by atoms with van der Waals surface area (Å²) in [4.78, 5) is 16.3. The molecule has 0 aromatic heterocycles. The fourth-order valence-electron chi connectivity index (χ4n) is 3.22. The quantitative estimate of drug-likeness (QED) is 0.768. The van der Waals surface area contributed by atoms with Crippen molar-refractivity contribution in [3.05, 3.63) is 29.3 Å². The van der Waals surface area contributed by atoms with Gasteiger partial charge in [0.05, 0.1) is 30.5 Å². The molecule has 136 valence electrons. The van der Waals surface area contributed by atoms with Crippen LogP contribution in [0, 0.1) is 25.2 Å². The third kappa shape index (κ3) is 5.28. The minimum Gasteiger partial charge on any atom is -0.310 e. The van der Waals surface area contributed by atoms with Crippen molar-refractivity contribution in [1.29, 1.82) is 5.26 Å². The Bertz CT molecular complexity index is 763. The van der Waals surface area contributed by atoms with Gasteiger partial charge in [0.15, 0.2) is 9.84 Å². The van der Waals surface area contributed by atoms with Gasteiger partial charge in [-0.3, -0.25) is 9.69 Å². The standard InChI is InChI=1S/C18H25N3O3S/c1-14-9-15(2)11-17(10-14)21(7-4-6-19)18(22)12-20(3)16-5-8-25(23,24)13-16/h9-11,16H,4-5,7-8,12-13H2,1-3H3. The number of carbonyl (C=O) groups is 1. The summed E-state index contributed by atoms with van der Waals surface area (Å²) in [6.07, 6.45) is 0.814. The molecular weight excluding hydrogens is 338 g/mol. The van der Waals surface area contributed by atoms with Crippen molar-refractivity contribution in [2.24, 2.45) is 0 Å². The van der Waals surface area contributed by atoms with Crippen LogP contribution in [-0.2, 0) is 14.6 Å². The minimum atomic E-state index is -2.98. The monoisotopic (exact) mass is 363 g/mol. The van der Waals surface area contributed by atoms with Crippen LogP contribution in [0.3, 0.4) is 0 Å². The molecule has 1 aliphatic heterocycles. The second kappa shape index (κ2) is 7.98. The van der Waals surface area contributed by atoms with Crippen molar-refractivity contribution >= 4 is 21.4 Å². The molecule has 1 fully saturated rings. The number of anilines is 1. The number of sulfone groups is 1. The second-order valence-corrected chi connectivity index (χ2v) is 9.00. The highest BCUT2D eigenvalue weighted by Crippen LogP contribution is 2.21. The summed E-state index contributed by atoms with van der Waals surface area (Å²) in [7, 11) is -1.20. The Morgan fingerprint density at radius 3 is 2.44 bits per heavy atom. The molecule has 1 atom stereocenters. The first-order valence-corrected chi connectivity index (χ1v) is 10.2. The van der Waals surface area contributed by atoms with Gasteiger partial charge < -0.3 is 4.90 Å². The van der Waals surface area contributed by atoms with Gasteiger partial charge in [0, 0.05) is 18.3 Å². The molecule has 0 aliphatic carbocycles. The lowest BCUT2D eigenvalue weighted by Gasteiger charge is -2.28. The number of nitrogens with zero attached hydrogens (tertiary/aromatic N) is 3. The number of benzene rings is 1. The van der Waals surface area contributed by atoms with E-state index in [4.69, 9.17) is 5.26 Å². The maximum absolute atomic E-state index is 12.8. The lowest BCUT2D eigenvalue weighted by Crippen LogP contribution is -2.43. The van der Waals surface area contributed by atoms with Gasteiger partial charge >= 0.3 is 0 Å². The molecule has 0 spiro atoms. The van der Waals surface area contributed by atoms with E-state index in [1.165, 1.54) is 0 Å². The topological polar surface area (TPSA) is 81.5 Å². The van der Waals surface area contributed by atoms with Gasteiger partial charge in [-0.15, -0.1) is 0 Å². The molecule has 0 saturated carbocycles. The van der Waals surface area contributed by atoms with Crippen LogP contribution in [0.2, 0.25) is 0 Å². The Morgan fingerprint density at radius 1 is 1.28 bits per heavy atom. The summed E-state index contributed by atoms with van der Waals surface area (Å²) >= 11 is 0. The number of likely N-dealkylation sites (N-methyl/N-ethyl adjacent to an activating group) is 1. The number of carbonyl (C=O) groups excluding carboxylic acids is 1. The average Bonchev–Trinajstić information content (AvgIpc) is 2.87. The van der Waals surface area contributed by atoms with Gasteiger partial charge in [0.2, 0.25) is 5.91 Å². The Balaban J connectivity index is 2.14. The van der Waals surface area contributed by atoms with E-state index >= 15 is 0 Å².